The van der Waals surface area contributed by atoms with Crippen LogP contribution in [-0.2, 0) is 22.7 Å². The third-order valence-electron chi connectivity index (χ3n) is 6.48. The van der Waals surface area contributed by atoms with Crippen LogP contribution in [0.15, 0.2) is 69.0 Å². The van der Waals surface area contributed by atoms with Crippen LogP contribution in [-0.4, -0.2) is 31.2 Å². The average Bonchev–Trinajstić information content (AvgIpc) is 3.33. The Bertz CT molecular complexity index is 1460. The van der Waals surface area contributed by atoms with Gasteiger partial charge in [-0.15, -0.1) is 20.5 Å². The van der Waals surface area contributed by atoms with Crippen LogP contribution in [0.1, 0.15) is 53.4 Å². The van der Waals surface area contributed by atoms with Gasteiger partial charge in [-0.3, -0.25) is 9.59 Å². The number of aromatic hydroxyl groups is 2. The number of para-hydroxylation sites is 2. The van der Waals surface area contributed by atoms with Crippen molar-refractivity contribution < 1.29 is 19.8 Å². The van der Waals surface area contributed by atoms with E-state index in [4.69, 9.17) is 0 Å². The summed E-state index contributed by atoms with van der Waals surface area (Å²) in [5.74, 6) is -0.270. The van der Waals surface area contributed by atoms with Crippen molar-refractivity contribution in [3.63, 3.8) is 0 Å². The lowest BCUT2D eigenvalue weighted by atomic mass is 10.2. The maximum Gasteiger partial charge on any atom is 0.264 e. The average molecular weight is 545 g/mol. The van der Waals surface area contributed by atoms with Gasteiger partial charge in [0.15, 0.2) is 11.4 Å². The molecular formula is C30H36N6O4. The first-order chi connectivity index (χ1) is 19.2. The zero-order chi connectivity index (χ0) is 28.8. The number of azo groups is 2. The Labute approximate surface area is 233 Å². The van der Waals surface area contributed by atoms with E-state index in [0.717, 1.165) is 21.8 Å². The number of rotatable bonds is 11. The van der Waals surface area contributed by atoms with Crippen LogP contribution in [0.2, 0.25) is 0 Å². The fourth-order valence-corrected chi connectivity index (χ4v) is 4.70. The number of amides is 2. The molecular weight excluding hydrogens is 508 g/mol. The van der Waals surface area contributed by atoms with Crippen LogP contribution >= 0.6 is 0 Å². The number of nitrogens with zero attached hydrogens (tertiary/aromatic N) is 6. The summed E-state index contributed by atoms with van der Waals surface area (Å²) in [5.41, 5.74) is 2.22. The van der Waals surface area contributed by atoms with Crippen molar-refractivity contribution in [3.8, 4) is 11.8 Å². The predicted molar refractivity (Wildman–Crippen MR) is 154 cm³/mol. The second kappa shape index (κ2) is 12.7. The molecule has 0 spiro atoms. The minimum absolute atomic E-state index is 0.0132. The molecule has 0 radical (unpaired) electrons. The zero-order valence-corrected chi connectivity index (χ0v) is 23.4. The Morgan fingerprint density at radius 2 is 1.05 bits per heavy atom. The first-order valence-corrected chi connectivity index (χ1v) is 13.7. The molecule has 2 heterocycles. The molecule has 2 aromatic carbocycles. The van der Waals surface area contributed by atoms with Crippen molar-refractivity contribution in [3.05, 3.63) is 48.5 Å². The Morgan fingerprint density at radius 3 is 1.43 bits per heavy atom. The molecule has 0 atom stereocenters. The smallest absolute Gasteiger partial charge is 0.264 e. The van der Waals surface area contributed by atoms with E-state index in [9.17, 15) is 19.8 Å². The molecule has 4 rings (SSSR count). The summed E-state index contributed by atoms with van der Waals surface area (Å²) in [6.45, 7) is 9.45. The third-order valence-corrected chi connectivity index (χ3v) is 6.48. The lowest BCUT2D eigenvalue weighted by Crippen LogP contribution is -2.03. The third kappa shape index (κ3) is 6.44. The summed E-state index contributed by atoms with van der Waals surface area (Å²) < 4.78 is 3.56. The van der Waals surface area contributed by atoms with E-state index in [1.165, 1.54) is 0 Å². The monoisotopic (exact) mass is 544 g/mol. The summed E-state index contributed by atoms with van der Waals surface area (Å²) in [5, 5.41) is 38.7. The summed E-state index contributed by atoms with van der Waals surface area (Å²) in [6, 6.07) is 15.0. The van der Waals surface area contributed by atoms with Gasteiger partial charge in [-0.1, -0.05) is 64.1 Å². The number of aromatic nitrogens is 2. The molecule has 2 amide bonds. The maximum absolute atomic E-state index is 12.3. The molecule has 0 saturated carbocycles. The lowest BCUT2D eigenvalue weighted by molar-refractivity contribution is -0.120. The van der Waals surface area contributed by atoms with Crippen molar-refractivity contribution in [2.75, 3.05) is 0 Å². The molecule has 4 aromatic rings. The second-order valence-electron chi connectivity index (χ2n) is 10.8. The van der Waals surface area contributed by atoms with Gasteiger partial charge in [0, 0.05) is 36.7 Å². The molecule has 10 heteroatoms. The zero-order valence-electron chi connectivity index (χ0n) is 23.4. The molecule has 0 fully saturated rings. The van der Waals surface area contributed by atoms with E-state index in [1.54, 1.807) is 9.13 Å². The van der Waals surface area contributed by atoms with Gasteiger partial charge in [0.05, 0.1) is 11.0 Å². The molecule has 0 bridgehead atoms. The highest BCUT2D eigenvalue weighted by molar-refractivity contribution is 5.96. The SMILES string of the molecule is CC(C)Cn1c(O)c(N=NC(=O)CCCCC(=O)N=Nc2c(O)n(CC(C)C)c3ccccc23)c2ccccc21. The molecule has 0 aliphatic rings. The van der Waals surface area contributed by atoms with Gasteiger partial charge >= 0.3 is 0 Å². The van der Waals surface area contributed by atoms with Crippen molar-refractivity contribution in [1.82, 2.24) is 9.13 Å². The van der Waals surface area contributed by atoms with Crippen molar-refractivity contribution in [2.24, 2.45) is 32.3 Å². The Morgan fingerprint density at radius 1 is 0.675 bits per heavy atom. The Balaban J connectivity index is 1.33. The van der Waals surface area contributed by atoms with E-state index >= 15 is 0 Å². The van der Waals surface area contributed by atoms with Crippen LogP contribution in [0.25, 0.3) is 21.8 Å². The summed E-state index contributed by atoms with van der Waals surface area (Å²) in [4.78, 5) is 24.7. The molecule has 2 N–H and O–H groups in total. The van der Waals surface area contributed by atoms with Gasteiger partial charge in [0.1, 0.15) is 0 Å². The fraction of sp³-hybridized carbons (Fsp3) is 0.400. The standard InChI is InChI=1S/C30H36N6O4/c1-19(2)17-35-23-13-7-5-11-21(23)27(29(35)39)33-31-25(37)15-9-10-16-26(38)32-34-28-22-12-6-8-14-24(22)36(30(28)40)18-20(3)4/h5-8,11-14,19-20,39-40H,9-10,15-18H2,1-4H3. The molecule has 0 saturated heterocycles. The van der Waals surface area contributed by atoms with Gasteiger partial charge in [0.25, 0.3) is 11.8 Å². The van der Waals surface area contributed by atoms with Crippen molar-refractivity contribution in [2.45, 2.75) is 66.5 Å². The number of hydrogen-bond donors (Lipinski definition) is 2. The number of carbonyl (C=O) groups is 2. The Kier molecular flexibility index (Phi) is 9.08. The topological polar surface area (TPSA) is 134 Å². The van der Waals surface area contributed by atoms with Crippen molar-refractivity contribution in [1.29, 1.82) is 0 Å². The van der Waals surface area contributed by atoms with E-state index in [1.807, 2.05) is 48.5 Å². The summed E-state index contributed by atoms with van der Waals surface area (Å²) >= 11 is 0. The summed E-state index contributed by atoms with van der Waals surface area (Å²) in [6.07, 6.45) is 1.09. The van der Waals surface area contributed by atoms with Crippen LogP contribution in [0, 0.1) is 11.8 Å². The molecule has 0 aliphatic heterocycles. The number of carbonyl (C=O) groups excluding carboxylic acids is 2. The molecule has 210 valence electrons. The van der Waals surface area contributed by atoms with E-state index < -0.39 is 11.8 Å². The highest BCUT2D eigenvalue weighted by Gasteiger charge is 2.18. The fourth-order valence-electron chi connectivity index (χ4n) is 4.70. The molecule has 0 unspecified atom stereocenters. The maximum atomic E-state index is 12.3. The number of fused-ring (bicyclic) bond motifs is 2. The number of unbranched alkanes of at least 4 members (excludes halogenated alkanes) is 1. The van der Waals surface area contributed by atoms with Crippen molar-refractivity contribution >= 4 is 45.0 Å². The van der Waals surface area contributed by atoms with Gasteiger partial charge in [-0.05, 0) is 36.8 Å². The van der Waals surface area contributed by atoms with Crippen LogP contribution < -0.4 is 0 Å². The molecule has 0 aliphatic carbocycles. The molecule has 10 nitrogen and oxygen atoms in total. The van der Waals surface area contributed by atoms with Gasteiger partial charge in [-0.25, -0.2) is 0 Å². The van der Waals surface area contributed by atoms with Crippen LogP contribution in [0.5, 0.6) is 11.8 Å². The number of hydrogen-bond acceptors (Lipinski definition) is 6. The second-order valence-corrected chi connectivity index (χ2v) is 10.8. The van der Waals surface area contributed by atoms with Crippen LogP contribution in [0.4, 0.5) is 11.4 Å². The first kappa shape index (κ1) is 28.7. The first-order valence-electron chi connectivity index (χ1n) is 13.7. The highest BCUT2D eigenvalue weighted by Crippen LogP contribution is 2.40. The van der Waals surface area contributed by atoms with E-state index in [0.29, 0.717) is 37.8 Å². The van der Waals surface area contributed by atoms with Gasteiger partial charge in [-0.2, -0.15) is 0 Å². The lowest BCUT2D eigenvalue weighted by Gasteiger charge is -2.09. The minimum Gasteiger partial charge on any atom is -0.493 e. The van der Waals surface area contributed by atoms with Crippen LogP contribution in [0.3, 0.4) is 0 Å². The highest BCUT2D eigenvalue weighted by atomic mass is 16.3. The number of benzene rings is 2. The molecule has 2 aromatic heterocycles. The predicted octanol–water partition coefficient (Wildman–Crippen LogP) is 7.80. The summed E-state index contributed by atoms with van der Waals surface area (Å²) in [7, 11) is 0. The van der Waals surface area contributed by atoms with Gasteiger partial charge in [0.2, 0.25) is 11.8 Å². The Hall–Kier alpha value is -4.34. The largest absolute Gasteiger partial charge is 0.493 e. The normalized spacial score (nSPS) is 12.2. The molecule has 40 heavy (non-hydrogen) atoms. The van der Waals surface area contributed by atoms with E-state index in [-0.39, 0.29) is 36.0 Å². The van der Waals surface area contributed by atoms with Gasteiger partial charge < -0.3 is 19.3 Å². The van der Waals surface area contributed by atoms with E-state index in [2.05, 4.69) is 48.2 Å². The minimum atomic E-state index is -0.433. The quantitative estimate of drug-likeness (QED) is 0.147.